The minimum absolute atomic E-state index is 0.0565. The first-order valence-corrected chi connectivity index (χ1v) is 7.22. The molecule has 0 radical (unpaired) electrons. The van der Waals surface area contributed by atoms with Gasteiger partial charge in [-0.2, -0.15) is 0 Å². The summed E-state index contributed by atoms with van der Waals surface area (Å²) in [5.41, 5.74) is 0.721. The highest BCUT2D eigenvalue weighted by Gasteiger charge is 2.12. The van der Waals surface area contributed by atoms with Gasteiger partial charge in [-0.25, -0.2) is 9.18 Å². The molecule has 2 aromatic rings. The zero-order valence-corrected chi connectivity index (χ0v) is 12.3. The number of carbonyl (C=O) groups excluding carboxylic acids is 1. The van der Waals surface area contributed by atoms with Gasteiger partial charge in [0.05, 0.1) is 17.7 Å². The van der Waals surface area contributed by atoms with E-state index < -0.39 is 11.8 Å². The molecule has 0 saturated heterocycles. The van der Waals surface area contributed by atoms with Crippen LogP contribution in [0.25, 0.3) is 0 Å². The molecule has 0 amide bonds. The van der Waals surface area contributed by atoms with E-state index in [0.717, 1.165) is 10.5 Å². The lowest BCUT2D eigenvalue weighted by Crippen LogP contribution is -2.04. The molecule has 0 heterocycles. The van der Waals surface area contributed by atoms with Crippen LogP contribution in [0.4, 0.5) is 4.39 Å². The number of halogens is 2. The van der Waals surface area contributed by atoms with Crippen molar-refractivity contribution in [3.8, 4) is 0 Å². The van der Waals surface area contributed by atoms with E-state index in [1.807, 2.05) is 24.3 Å². The van der Waals surface area contributed by atoms with Crippen molar-refractivity contribution in [2.75, 3.05) is 7.11 Å². The topological polar surface area (TPSA) is 26.3 Å². The molecule has 0 aromatic heterocycles. The van der Waals surface area contributed by atoms with Crippen molar-refractivity contribution in [3.05, 3.63) is 64.4 Å². The summed E-state index contributed by atoms with van der Waals surface area (Å²) >= 11 is 7.57. The molecule has 0 N–H and O–H groups in total. The largest absolute Gasteiger partial charge is 0.465 e. The Labute approximate surface area is 125 Å². The van der Waals surface area contributed by atoms with Crippen LogP contribution in [0.2, 0.25) is 5.02 Å². The van der Waals surface area contributed by atoms with Crippen molar-refractivity contribution < 1.29 is 13.9 Å². The maximum Gasteiger partial charge on any atom is 0.340 e. The van der Waals surface area contributed by atoms with E-state index in [1.54, 1.807) is 6.07 Å². The Morgan fingerprint density at radius 1 is 1.30 bits per heavy atom. The third-order valence-electron chi connectivity index (χ3n) is 2.67. The summed E-state index contributed by atoms with van der Waals surface area (Å²) in [6.07, 6.45) is 0. The van der Waals surface area contributed by atoms with Crippen LogP contribution in [-0.2, 0) is 10.5 Å². The Bertz CT molecular complexity index is 631. The van der Waals surface area contributed by atoms with Crippen LogP contribution in [0.1, 0.15) is 15.9 Å². The number of esters is 1. The van der Waals surface area contributed by atoms with Crippen molar-refractivity contribution in [2.24, 2.45) is 0 Å². The second-order valence-electron chi connectivity index (χ2n) is 4.02. The quantitative estimate of drug-likeness (QED) is 0.612. The van der Waals surface area contributed by atoms with E-state index >= 15 is 0 Å². The van der Waals surface area contributed by atoms with Gasteiger partial charge >= 0.3 is 5.97 Å². The molecule has 20 heavy (non-hydrogen) atoms. The van der Waals surface area contributed by atoms with Crippen LogP contribution >= 0.6 is 23.4 Å². The van der Waals surface area contributed by atoms with Crippen molar-refractivity contribution in [1.29, 1.82) is 0 Å². The third kappa shape index (κ3) is 3.52. The molecule has 0 unspecified atom stereocenters. The van der Waals surface area contributed by atoms with E-state index in [-0.39, 0.29) is 5.56 Å². The lowest BCUT2D eigenvalue weighted by atomic mass is 10.1. The lowest BCUT2D eigenvalue weighted by Gasteiger charge is -2.06. The van der Waals surface area contributed by atoms with E-state index in [9.17, 15) is 9.18 Å². The summed E-state index contributed by atoms with van der Waals surface area (Å²) in [5.74, 6) is -0.677. The fraction of sp³-hybridized carbons (Fsp3) is 0.133. The maximum atomic E-state index is 13.8. The molecular weight excluding hydrogens is 299 g/mol. The highest BCUT2D eigenvalue weighted by atomic mass is 35.5. The summed E-state index contributed by atoms with van der Waals surface area (Å²) in [6.45, 7) is 0. The number of benzene rings is 2. The molecule has 104 valence electrons. The van der Waals surface area contributed by atoms with Crippen LogP contribution in [0.5, 0.6) is 0 Å². The van der Waals surface area contributed by atoms with Gasteiger partial charge in [-0.1, -0.05) is 29.8 Å². The zero-order valence-electron chi connectivity index (χ0n) is 10.7. The molecule has 0 aliphatic rings. The van der Waals surface area contributed by atoms with Crippen LogP contribution < -0.4 is 0 Å². The van der Waals surface area contributed by atoms with Crippen molar-refractivity contribution >= 4 is 29.3 Å². The van der Waals surface area contributed by atoms with Gasteiger partial charge in [0.1, 0.15) is 5.82 Å². The standard InChI is InChI=1S/C15H12ClFO2S/c1-19-15(18)11-7-6-10(8-13(11)17)9-20-14-5-3-2-4-12(14)16/h2-8H,9H2,1H3. The molecule has 2 rings (SSSR count). The Kier molecular flexibility index (Phi) is 5.04. The van der Waals surface area contributed by atoms with Gasteiger partial charge in [-0.15, -0.1) is 11.8 Å². The fourth-order valence-electron chi connectivity index (χ4n) is 1.65. The first kappa shape index (κ1) is 14.9. The second-order valence-corrected chi connectivity index (χ2v) is 5.45. The number of hydrogen-bond donors (Lipinski definition) is 0. The van der Waals surface area contributed by atoms with Crippen LogP contribution in [-0.4, -0.2) is 13.1 Å². The third-order valence-corrected chi connectivity index (χ3v) is 4.26. The zero-order chi connectivity index (χ0) is 14.5. The second kappa shape index (κ2) is 6.77. The highest BCUT2D eigenvalue weighted by molar-refractivity contribution is 7.98. The van der Waals surface area contributed by atoms with Gasteiger partial charge < -0.3 is 4.74 Å². The SMILES string of the molecule is COC(=O)c1ccc(CSc2ccccc2Cl)cc1F. The summed E-state index contributed by atoms with van der Waals surface area (Å²) in [7, 11) is 1.23. The molecule has 0 aliphatic carbocycles. The van der Waals surface area contributed by atoms with Crippen molar-refractivity contribution in [1.82, 2.24) is 0 Å². The maximum absolute atomic E-state index is 13.8. The average Bonchev–Trinajstić information content (AvgIpc) is 2.46. The van der Waals surface area contributed by atoms with Crippen molar-refractivity contribution in [2.45, 2.75) is 10.6 Å². The number of methoxy groups -OCH3 is 1. The normalized spacial score (nSPS) is 10.3. The summed E-state index contributed by atoms with van der Waals surface area (Å²) in [4.78, 5) is 12.2. The van der Waals surface area contributed by atoms with E-state index in [4.69, 9.17) is 11.6 Å². The van der Waals surface area contributed by atoms with Crippen LogP contribution in [0.3, 0.4) is 0 Å². The average molecular weight is 311 g/mol. The van der Waals surface area contributed by atoms with Gasteiger partial charge in [0.2, 0.25) is 0 Å². The predicted molar refractivity (Wildman–Crippen MR) is 78.8 cm³/mol. The van der Waals surface area contributed by atoms with E-state index in [2.05, 4.69) is 4.74 Å². The van der Waals surface area contributed by atoms with Crippen LogP contribution in [0.15, 0.2) is 47.4 Å². The van der Waals surface area contributed by atoms with Gasteiger partial charge in [0, 0.05) is 10.6 Å². The molecule has 0 spiro atoms. The molecule has 0 bridgehead atoms. The number of rotatable bonds is 4. The number of hydrogen-bond acceptors (Lipinski definition) is 3. The minimum atomic E-state index is -0.673. The van der Waals surface area contributed by atoms with Gasteiger partial charge in [0.15, 0.2) is 0 Å². The number of carbonyl (C=O) groups is 1. The molecule has 5 heteroatoms. The summed E-state index contributed by atoms with van der Waals surface area (Å²) < 4.78 is 18.3. The van der Waals surface area contributed by atoms with Gasteiger partial charge in [-0.05, 0) is 29.8 Å². The lowest BCUT2D eigenvalue weighted by molar-refractivity contribution is 0.0595. The van der Waals surface area contributed by atoms with Gasteiger partial charge in [0.25, 0.3) is 0 Å². The molecule has 2 nitrogen and oxygen atoms in total. The monoisotopic (exact) mass is 310 g/mol. The van der Waals surface area contributed by atoms with E-state index in [0.29, 0.717) is 10.8 Å². The molecule has 0 atom stereocenters. The predicted octanol–water partition coefficient (Wildman–Crippen LogP) is 4.56. The Morgan fingerprint density at radius 2 is 2.05 bits per heavy atom. The van der Waals surface area contributed by atoms with Crippen molar-refractivity contribution in [3.63, 3.8) is 0 Å². The molecule has 0 aliphatic heterocycles. The van der Waals surface area contributed by atoms with E-state index in [1.165, 1.54) is 31.0 Å². The Hall–Kier alpha value is -1.52. The molecular formula is C15H12ClFO2S. The Morgan fingerprint density at radius 3 is 2.70 bits per heavy atom. The highest BCUT2D eigenvalue weighted by Crippen LogP contribution is 2.29. The summed E-state index contributed by atoms with van der Waals surface area (Å²) in [5, 5.41) is 0.671. The molecule has 0 saturated carbocycles. The van der Waals surface area contributed by atoms with Crippen LogP contribution in [0, 0.1) is 5.82 Å². The molecule has 2 aromatic carbocycles. The smallest absolute Gasteiger partial charge is 0.340 e. The number of ether oxygens (including phenoxy) is 1. The molecule has 0 fully saturated rings. The van der Waals surface area contributed by atoms with Gasteiger partial charge in [-0.3, -0.25) is 0 Å². The Balaban J connectivity index is 2.10. The summed E-state index contributed by atoms with van der Waals surface area (Å²) in [6, 6.07) is 12.0. The minimum Gasteiger partial charge on any atom is -0.465 e. The first-order chi connectivity index (χ1) is 9.61. The number of thioether (sulfide) groups is 1. The fourth-order valence-corrected chi connectivity index (χ4v) is 2.83. The first-order valence-electron chi connectivity index (χ1n) is 5.86.